The van der Waals surface area contributed by atoms with Crippen LogP contribution in [0.1, 0.15) is 34.1 Å². The minimum absolute atomic E-state index is 0.143. The molecule has 0 aliphatic carbocycles. The molecule has 0 aliphatic heterocycles. The first-order chi connectivity index (χ1) is 16.6. The van der Waals surface area contributed by atoms with Crippen molar-refractivity contribution in [3.63, 3.8) is 0 Å². The van der Waals surface area contributed by atoms with Crippen molar-refractivity contribution in [1.29, 1.82) is 0 Å². The number of carbonyl (C=O) groups excluding carboxylic acids is 1. The van der Waals surface area contributed by atoms with Crippen LogP contribution in [0.3, 0.4) is 0 Å². The van der Waals surface area contributed by atoms with Crippen molar-refractivity contribution >= 4 is 23.2 Å². The first-order valence-corrected chi connectivity index (χ1v) is 10.7. The number of rotatable bonds is 7. The van der Waals surface area contributed by atoms with Gasteiger partial charge in [-0.05, 0) is 37.6 Å². The summed E-state index contributed by atoms with van der Waals surface area (Å²) in [4.78, 5) is 25.0. The Balaban J connectivity index is 1.91. The van der Waals surface area contributed by atoms with E-state index in [1.165, 1.54) is 24.7 Å². The van der Waals surface area contributed by atoms with E-state index in [-0.39, 0.29) is 16.8 Å². The Morgan fingerprint density at radius 3 is 2.54 bits per heavy atom. The number of halogens is 2. The molecule has 0 saturated heterocycles. The van der Waals surface area contributed by atoms with Crippen molar-refractivity contribution in [2.24, 2.45) is 5.73 Å². The van der Waals surface area contributed by atoms with Crippen LogP contribution in [0.15, 0.2) is 48.9 Å². The fraction of sp³-hybridized carbons (Fsp3) is 0.208. The second kappa shape index (κ2) is 9.09. The van der Waals surface area contributed by atoms with Gasteiger partial charge in [-0.2, -0.15) is 9.78 Å². The zero-order chi connectivity index (χ0) is 25.3. The highest BCUT2D eigenvalue weighted by molar-refractivity contribution is 6.03. The van der Waals surface area contributed by atoms with Gasteiger partial charge in [0.25, 0.3) is 5.92 Å². The van der Waals surface area contributed by atoms with Gasteiger partial charge in [-0.15, -0.1) is 0 Å². The fourth-order valence-corrected chi connectivity index (χ4v) is 3.67. The van der Waals surface area contributed by atoms with E-state index in [1.807, 2.05) is 13.8 Å². The minimum atomic E-state index is -3.09. The van der Waals surface area contributed by atoms with Crippen LogP contribution in [0.25, 0.3) is 17.1 Å². The van der Waals surface area contributed by atoms with Crippen LogP contribution >= 0.6 is 0 Å². The molecule has 3 heterocycles. The number of primary amides is 1. The SMILES string of the molecule is CNc1cc(-n2nc(C)cc2Nc2c(C)ccc(C(N)=O)c2-c2cc(C(C)(F)F)ccn2)ncn1. The summed E-state index contributed by atoms with van der Waals surface area (Å²) in [5.74, 6) is -2.17. The van der Waals surface area contributed by atoms with Gasteiger partial charge in [0.2, 0.25) is 5.91 Å². The average Bonchev–Trinajstić information content (AvgIpc) is 3.19. The van der Waals surface area contributed by atoms with Gasteiger partial charge in [-0.25, -0.2) is 18.7 Å². The molecule has 35 heavy (non-hydrogen) atoms. The van der Waals surface area contributed by atoms with E-state index in [0.717, 1.165) is 12.5 Å². The number of anilines is 3. The van der Waals surface area contributed by atoms with E-state index in [2.05, 4.69) is 30.7 Å². The van der Waals surface area contributed by atoms with E-state index >= 15 is 0 Å². The molecule has 0 radical (unpaired) electrons. The lowest BCUT2D eigenvalue weighted by Crippen LogP contribution is -2.15. The summed E-state index contributed by atoms with van der Waals surface area (Å²) in [5, 5.41) is 10.8. The molecule has 0 atom stereocenters. The van der Waals surface area contributed by atoms with Crippen molar-refractivity contribution in [1.82, 2.24) is 24.7 Å². The maximum atomic E-state index is 14.1. The van der Waals surface area contributed by atoms with Gasteiger partial charge in [0.15, 0.2) is 5.82 Å². The number of carbonyl (C=O) groups is 1. The van der Waals surface area contributed by atoms with Crippen molar-refractivity contribution in [3.8, 4) is 17.1 Å². The molecule has 4 rings (SSSR count). The topological polar surface area (TPSA) is 124 Å². The van der Waals surface area contributed by atoms with E-state index in [9.17, 15) is 13.6 Å². The highest BCUT2D eigenvalue weighted by Gasteiger charge is 2.27. The van der Waals surface area contributed by atoms with Crippen LogP contribution in [0.2, 0.25) is 0 Å². The van der Waals surface area contributed by atoms with Gasteiger partial charge in [0.1, 0.15) is 18.0 Å². The number of pyridine rings is 1. The molecule has 0 aliphatic rings. The van der Waals surface area contributed by atoms with E-state index in [4.69, 9.17) is 5.73 Å². The molecule has 0 bridgehead atoms. The van der Waals surface area contributed by atoms with Crippen LogP contribution in [0.5, 0.6) is 0 Å². The summed E-state index contributed by atoms with van der Waals surface area (Å²) in [6, 6.07) is 9.30. The summed E-state index contributed by atoms with van der Waals surface area (Å²) < 4.78 is 29.7. The quantitative estimate of drug-likeness (QED) is 0.361. The summed E-state index contributed by atoms with van der Waals surface area (Å²) >= 11 is 0. The molecule has 11 heteroatoms. The second-order valence-corrected chi connectivity index (χ2v) is 8.08. The van der Waals surface area contributed by atoms with Gasteiger partial charge in [-0.3, -0.25) is 9.78 Å². The van der Waals surface area contributed by atoms with E-state index < -0.39 is 11.8 Å². The standard InChI is InChI=1S/C24H24F2N8O/c1-13-5-6-16(23(27)35)21(17-10-15(7-8-29-17)24(3,25)26)22(13)32-20-9-14(2)33-34(20)19-11-18(28-4)30-12-31-19/h5-12,32H,1-4H3,(H2,27,35)(H,28,30,31). The Bertz CT molecular complexity index is 1410. The first-order valence-electron chi connectivity index (χ1n) is 10.7. The number of alkyl halides is 2. The summed E-state index contributed by atoms with van der Waals surface area (Å²) in [6.45, 7) is 4.45. The van der Waals surface area contributed by atoms with Gasteiger partial charge in [0, 0.05) is 43.4 Å². The lowest BCUT2D eigenvalue weighted by molar-refractivity contribution is 0.0174. The van der Waals surface area contributed by atoms with Gasteiger partial charge >= 0.3 is 0 Å². The Morgan fingerprint density at radius 2 is 1.86 bits per heavy atom. The third-order valence-corrected chi connectivity index (χ3v) is 5.41. The van der Waals surface area contributed by atoms with Crippen molar-refractivity contribution in [3.05, 3.63) is 71.3 Å². The predicted molar refractivity (Wildman–Crippen MR) is 129 cm³/mol. The number of benzene rings is 1. The molecule has 1 aromatic carbocycles. The molecule has 4 aromatic rings. The van der Waals surface area contributed by atoms with E-state index in [0.29, 0.717) is 34.4 Å². The number of amides is 1. The van der Waals surface area contributed by atoms with Crippen molar-refractivity contribution < 1.29 is 13.6 Å². The zero-order valence-corrected chi connectivity index (χ0v) is 19.6. The number of aryl methyl sites for hydroxylation is 2. The van der Waals surface area contributed by atoms with Gasteiger partial charge < -0.3 is 16.4 Å². The summed E-state index contributed by atoms with van der Waals surface area (Å²) in [7, 11) is 1.74. The molecular formula is C24H24F2N8O. The third-order valence-electron chi connectivity index (χ3n) is 5.41. The molecule has 180 valence electrons. The smallest absolute Gasteiger partial charge is 0.270 e. The third kappa shape index (κ3) is 4.79. The minimum Gasteiger partial charge on any atom is -0.373 e. The molecule has 0 fully saturated rings. The number of hydrogen-bond donors (Lipinski definition) is 3. The molecule has 0 spiro atoms. The summed E-state index contributed by atoms with van der Waals surface area (Å²) in [5.41, 5.74) is 8.00. The van der Waals surface area contributed by atoms with Crippen LogP contribution < -0.4 is 16.4 Å². The van der Waals surface area contributed by atoms with Gasteiger partial charge in [0.05, 0.1) is 22.6 Å². The van der Waals surface area contributed by atoms with Crippen molar-refractivity contribution in [2.45, 2.75) is 26.7 Å². The van der Waals surface area contributed by atoms with Crippen molar-refractivity contribution in [2.75, 3.05) is 17.7 Å². The number of aromatic nitrogens is 5. The molecule has 0 saturated carbocycles. The Morgan fingerprint density at radius 1 is 1.09 bits per heavy atom. The predicted octanol–water partition coefficient (Wildman–Crippen LogP) is 4.34. The molecule has 1 amide bonds. The maximum absolute atomic E-state index is 14.1. The fourth-order valence-electron chi connectivity index (χ4n) is 3.67. The maximum Gasteiger partial charge on any atom is 0.270 e. The highest BCUT2D eigenvalue weighted by Crippen LogP contribution is 2.38. The Labute approximate surface area is 200 Å². The van der Waals surface area contributed by atoms with Crippen LogP contribution in [-0.2, 0) is 5.92 Å². The number of nitrogens with two attached hydrogens (primary N) is 1. The number of nitrogens with zero attached hydrogens (tertiary/aromatic N) is 5. The second-order valence-electron chi connectivity index (χ2n) is 8.08. The Kier molecular flexibility index (Phi) is 6.16. The number of hydrogen-bond acceptors (Lipinski definition) is 7. The van der Waals surface area contributed by atoms with Crippen LogP contribution in [0, 0.1) is 13.8 Å². The van der Waals surface area contributed by atoms with E-state index in [1.54, 1.807) is 36.0 Å². The molecule has 9 nitrogen and oxygen atoms in total. The Hall–Kier alpha value is -4.41. The summed E-state index contributed by atoms with van der Waals surface area (Å²) in [6.07, 6.45) is 2.69. The monoisotopic (exact) mass is 478 g/mol. The highest BCUT2D eigenvalue weighted by atomic mass is 19.3. The largest absolute Gasteiger partial charge is 0.373 e. The molecule has 4 N–H and O–H groups in total. The first kappa shape index (κ1) is 23.7. The van der Waals surface area contributed by atoms with Crippen LogP contribution in [0.4, 0.5) is 26.1 Å². The lowest BCUT2D eigenvalue weighted by atomic mass is 9.96. The molecule has 3 aromatic heterocycles. The average molecular weight is 479 g/mol. The lowest BCUT2D eigenvalue weighted by Gasteiger charge is -2.19. The zero-order valence-electron chi connectivity index (χ0n) is 19.6. The van der Waals surface area contributed by atoms with Crippen LogP contribution in [-0.4, -0.2) is 37.7 Å². The number of nitrogens with one attached hydrogen (secondary N) is 2. The normalized spacial score (nSPS) is 11.4. The molecule has 0 unspecified atom stereocenters. The molecular weight excluding hydrogens is 454 g/mol. The van der Waals surface area contributed by atoms with Gasteiger partial charge in [-0.1, -0.05) is 6.07 Å².